The molecule has 0 fully saturated rings. The van der Waals surface area contributed by atoms with Gasteiger partial charge in [-0.3, -0.25) is 14.9 Å². The predicted octanol–water partition coefficient (Wildman–Crippen LogP) is 5.80. The molecule has 134 valence electrons. The number of ketones is 1. The molecule has 1 aromatic heterocycles. The van der Waals surface area contributed by atoms with E-state index < -0.39 is 0 Å². The normalized spacial score (nSPS) is 14.6. The lowest BCUT2D eigenvalue weighted by Crippen LogP contribution is -1.94. The van der Waals surface area contributed by atoms with Crippen LogP contribution in [-0.4, -0.2) is 10.7 Å². The Balaban J connectivity index is 1.68. The van der Waals surface area contributed by atoms with Gasteiger partial charge in [-0.1, -0.05) is 23.9 Å². The van der Waals surface area contributed by atoms with Crippen LogP contribution in [0.3, 0.4) is 0 Å². The third-order valence-corrected chi connectivity index (χ3v) is 5.70. The third-order valence-electron chi connectivity index (χ3n) is 4.60. The van der Waals surface area contributed by atoms with Crippen LogP contribution < -0.4 is 0 Å². The molecule has 5 nitrogen and oxygen atoms in total. The number of nitro groups is 1. The molecular weight excluding hydrogens is 362 g/mol. The van der Waals surface area contributed by atoms with Crippen molar-refractivity contribution in [3.05, 3.63) is 86.0 Å². The van der Waals surface area contributed by atoms with Gasteiger partial charge >= 0.3 is 0 Å². The van der Waals surface area contributed by atoms with Crippen molar-refractivity contribution in [3.63, 3.8) is 0 Å². The van der Waals surface area contributed by atoms with Crippen molar-refractivity contribution >= 4 is 29.3 Å². The van der Waals surface area contributed by atoms with Crippen LogP contribution in [0.15, 0.2) is 62.7 Å². The standard InChI is InChI=1S/C21H15NO4S/c1-12-9-14(10-17(13(12)2)22(24)25)18-8-7-15(26-18)11-20-21(23)16-5-3-4-6-19(16)27-20/h3-11H,1-2H3/b20-11+. The first-order valence-corrected chi connectivity index (χ1v) is 9.15. The molecule has 27 heavy (non-hydrogen) atoms. The first kappa shape index (κ1) is 17.3. The number of hydrogen-bond donors (Lipinski definition) is 0. The minimum Gasteiger partial charge on any atom is -0.457 e. The molecule has 4 rings (SSSR count). The highest BCUT2D eigenvalue weighted by atomic mass is 32.2. The molecule has 0 saturated heterocycles. The number of fused-ring (bicyclic) bond motifs is 1. The summed E-state index contributed by atoms with van der Waals surface area (Å²) in [4.78, 5) is 24.9. The number of rotatable bonds is 3. The largest absolute Gasteiger partial charge is 0.457 e. The van der Waals surface area contributed by atoms with Gasteiger partial charge in [-0.25, -0.2) is 0 Å². The van der Waals surface area contributed by atoms with E-state index in [1.54, 1.807) is 25.1 Å². The summed E-state index contributed by atoms with van der Waals surface area (Å²) in [5.41, 5.74) is 2.88. The topological polar surface area (TPSA) is 73.3 Å². The molecule has 0 unspecified atom stereocenters. The number of nitro benzene ring substituents is 1. The summed E-state index contributed by atoms with van der Waals surface area (Å²) >= 11 is 1.42. The Morgan fingerprint density at radius 1 is 1.11 bits per heavy atom. The van der Waals surface area contributed by atoms with Gasteiger partial charge in [0.15, 0.2) is 0 Å². The molecule has 2 aromatic carbocycles. The fraction of sp³-hybridized carbons (Fsp3) is 0.0952. The van der Waals surface area contributed by atoms with Gasteiger partial charge in [0, 0.05) is 27.7 Å². The Labute approximate surface area is 159 Å². The fourth-order valence-corrected chi connectivity index (χ4v) is 4.06. The van der Waals surface area contributed by atoms with E-state index in [4.69, 9.17) is 4.42 Å². The molecule has 3 aromatic rings. The average molecular weight is 377 g/mol. The van der Waals surface area contributed by atoms with Crippen molar-refractivity contribution in [3.8, 4) is 11.3 Å². The molecule has 0 bridgehead atoms. The molecule has 0 saturated carbocycles. The van der Waals surface area contributed by atoms with Crippen molar-refractivity contribution in [2.75, 3.05) is 0 Å². The van der Waals surface area contributed by atoms with Gasteiger partial charge in [-0.15, -0.1) is 0 Å². The lowest BCUT2D eigenvalue weighted by atomic mass is 10.0. The van der Waals surface area contributed by atoms with E-state index >= 15 is 0 Å². The van der Waals surface area contributed by atoms with Crippen molar-refractivity contribution in [1.29, 1.82) is 0 Å². The van der Waals surface area contributed by atoms with Crippen molar-refractivity contribution in [1.82, 2.24) is 0 Å². The Bertz CT molecular complexity index is 1130. The van der Waals surface area contributed by atoms with Crippen LogP contribution >= 0.6 is 11.8 Å². The molecule has 1 aliphatic rings. The molecule has 0 spiro atoms. The molecule has 0 radical (unpaired) electrons. The van der Waals surface area contributed by atoms with Crippen molar-refractivity contribution in [2.24, 2.45) is 0 Å². The van der Waals surface area contributed by atoms with E-state index in [-0.39, 0.29) is 16.4 Å². The Kier molecular flexibility index (Phi) is 4.20. The van der Waals surface area contributed by atoms with Crippen LogP contribution in [0.4, 0.5) is 5.69 Å². The summed E-state index contributed by atoms with van der Waals surface area (Å²) in [7, 11) is 0. The lowest BCUT2D eigenvalue weighted by Gasteiger charge is -2.04. The highest BCUT2D eigenvalue weighted by Gasteiger charge is 2.25. The van der Waals surface area contributed by atoms with Gasteiger partial charge < -0.3 is 4.42 Å². The Morgan fingerprint density at radius 2 is 1.89 bits per heavy atom. The summed E-state index contributed by atoms with van der Waals surface area (Å²) in [5, 5.41) is 11.3. The van der Waals surface area contributed by atoms with Gasteiger partial charge in [-0.05, 0) is 55.8 Å². The molecular formula is C21H15NO4S. The number of thioether (sulfide) groups is 1. The second-order valence-corrected chi connectivity index (χ2v) is 7.42. The lowest BCUT2D eigenvalue weighted by molar-refractivity contribution is -0.385. The maximum Gasteiger partial charge on any atom is 0.273 e. The van der Waals surface area contributed by atoms with E-state index in [1.165, 1.54) is 17.8 Å². The monoisotopic (exact) mass is 377 g/mol. The fourth-order valence-electron chi connectivity index (χ4n) is 3.02. The number of Topliss-reactive ketones (excluding diaryl/α,β-unsaturated/α-hetero) is 1. The second-order valence-electron chi connectivity index (χ2n) is 6.33. The van der Waals surface area contributed by atoms with Gasteiger partial charge in [-0.2, -0.15) is 0 Å². The van der Waals surface area contributed by atoms with Gasteiger partial charge in [0.05, 0.1) is 9.83 Å². The van der Waals surface area contributed by atoms with Crippen LogP contribution in [0, 0.1) is 24.0 Å². The van der Waals surface area contributed by atoms with Crippen LogP contribution in [0.2, 0.25) is 0 Å². The number of nitrogens with zero attached hydrogens (tertiary/aromatic N) is 1. The van der Waals surface area contributed by atoms with Crippen LogP contribution in [0.25, 0.3) is 17.4 Å². The quantitative estimate of drug-likeness (QED) is 0.327. The summed E-state index contributed by atoms with van der Waals surface area (Å²) in [5.74, 6) is 1.05. The van der Waals surface area contributed by atoms with E-state index in [1.807, 2.05) is 37.3 Å². The van der Waals surface area contributed by atoms with Crippen molar-refractivity contribution < 1.29 is 14.1 Å². The highest BCUT2D eigenvalue weighted by molar-refractivity contribution is 8.04. The predicted molar refractivity (Wildman–Crippen MR) is 105 cm³/mol. The number of carbonyl (C=O) groups is 1. The average Bonchev–Trinajstić information content (AvgIpc) is 3.23. The summed E-state index contributed by atoms with van der Waals surface area (Å²) < 4.78 is 5.84. The number of aryl methyl sites for hydroxylation is 1. The maximum atomic E-state index is 12.5. The molecule has 6 heteroatoms. The van der Waals surface area contributed by atoms with Gasteiger partial charge in [0.1, 0.15) is 11.5 Å². The molecule has 1 aliphatic heterocycles. The maximum absolute atomic E-state index is 12.5. The smallest absolute Gasteiger partial charge is 0.273 e. The number of furan rings is 1. The highest BCUT2D eigenvalue weighted by Crippen LogP contribution is 2.41. The SMILES string of the molecule is Cc1cc(-c2ccc(/C=C3/Sc4ccccc4C3=O)o2)cc([N+](=O)[O-])c1C. The Morgan fingerprint density at radius 3 is 2.63 bits per heavy atom. The molecule has 0 amide bonds. The van der Waals surface area contributed by atoms with E-state index in [2.05, 4.69) is 0 Å². The molecule has 2 heterocycles. The first-order chi connectivity index (χ1) is 12.9. The first-order valence-electron chi connectivity index (χ1n) is 8.33. The molecule has 0 N–H and O–H groups in total. The minimum atomic E-state index is -0.386. The van der Waals surface area contributed by atoms with Crippen LogP contribution in [0.1, 0.15) is 27.2 Å². The number of carbonyl (C=O) groups excluding carboxylic acids is 1. The van der Waals surface area contributed by atoms with E-state index in [0.29, 0.717) is 33.1 Å². The number of hydrogen-bond acceptors (Lipinski definition) is 5. The molecule has 0 aliphatic carbocycles. The van der Waals surface area contributed by atoms with Crippen molar-refractivity contribution in [2.45, 2.75) is 18.7 Å². The zero-order valence-electron chi connectivity index (χ0n) is 14.7. The van der Waals surface area contributed by atoms with Crippen LogP contribution in [-0.2, 0) is 0 Å². The zero-order valence-corrected chi connectivity index (χ0v) is 15.5. The second kappa shape index (κ2) is 6.55. The Hall–Kier alpha value is -3.12. The van der Waals surface area contributed by atoms with E-state index in [9.17, 15) is 14.9 Å². The third kappa shape index (κ3) is 3.08. The minimum absolute atomic E-state index is 0.0182. The molecule has 0 atom stereocenters. The van der Waals surface area contributed by atoms with E-state index in [0.717, 1.165) is 10.5 Å². The number of benzene rings is 2. The summed E-state index contributed by atoms with van der Waals surface area (Å²) in [6.45, 7) is 3.57. The van der Waals surface area contributed by atoms with Gasteiger partial charge in [0.2, 0.25) is 5.78 Å². The number of allylic oxidation sites excluding steroid dienone is 1. The van der Waals surface area contributed by atoms with Crippen LogP contribution in [0.5, 0.6) is 0 Å². The van der Waals surface area contributed by atoms with Gasteiger partial charge in [0.25, 0.3) is 5.69 Å². The zero-order chi connectivity index (χ0) is 19.1. The summed E-state index contributed by atoms with van der Waals surface area (Å²) in [6.07, 6.45) is 1.71. The summed E-state index contributed by atoms with van der Waals surface area (Å²) in [6, 6.07) is 14.4.